The Labute approximate surface area is 196 Å². The molecule has 1 aromatic carbocycles. The van der Waals surface area contributed by atoms with Crippen molar-refractivity contribution in [2.45, 2.75) is 38.4 Å². The Balaban J connectivity index is 2.42. The quantitative estimate of drug-likeness (QED) is 0.171. The number of carbonyl (C=O) groups excluding carboxylic acids is 3. The van der Waals surface area contributed by atoms with Crippen molar-refractivity contribution in [1.82, 2.24) is 0 Å². The van der Waals surface area contributed by atoms with Crippen molar-refractivity contribution in [1.29, 1.82) is 0 Å². The first kappa shape index (κ1) is 27.6. The highest BCUT2D eigenvalue weighted by Crippen LogP contribution is 2.17. The summed E-state index contributed by atoms with van der Waals surface area (Å²) in [4.78, 5) is 35.2. The molecule has 0 aromatic heterocycles. The summed E-state index contributed by atoms with van der Waals surface area (Å²) in [6, 6.07) is 6.53. The smallest absolute Gasteiger partial charge is 0.307 e. The molecule has 0 aliphatic heterocycles. The first-order chi connectivity index (χ1) is 14.7. The fourth-order valence-corrected chi connectivity index (χ4v) is 3.37. The molecule has 1 aromatic rings. The van der Waals surface area contributed by atoms with Gasteiger partial charge in [-0.3, -0.25) is 14.4 Å². The first-order valence-corrected chi connectivity index (χ1v) is 11.9. The summed E-state index contributed by atoms with van der Waals surface area (Å²) < 4.78 is 16.0. The molecule has 1 rings (SSSR count). The number of alkyl halides is 2. The maximum atomic E-state index is 12.0. The highest BCUT2D eigenvalue weighted by Gasteiger charge is 2.25. The molecule has 31 heavy (non-hydrogen) atoms. The molecule has 1 atom stereocenters. The van der Waals surface area contributed by atoms with Crippen molar-refractivity contribution in [3.63, 3.8) is 0 Å². The predicted molar refractivity (Wildman–Crippen MR) is 121 cm³/mol. The van der Waals surface area contributed by atoms with Crippen LogP contribution in [0.1, 0.15) is 37.0 Å². The van der Waals surface area contributed by atoms with Crippen molar-refractivity contribution in [2.75, 3.05) is 36.5 Å². The monoisotopic (exact) mass is 494 g/mol. The van der Waals surface area contributed by atoms with E-state index in [1.165, 1.54) is 25.6 Å². The number of hydrogen-bond acceptors (Lipinski definition) is 8. The molecule has 0 saturated carbocycles. The predicted octanol–water partition coefficient (Wildman–Crippen LogP) is 3.47. The zero-order valence-corrected chi connectivity index (χ0v) is 19.9. The van der Waals surface area contributed by atoms with Gasteiger partial charge in [-0.05, 0) is 38.1 Å². The van der Waals surface area contributed by atoms with Crippen molar-refractivity contribution in [2.24, 2.45) is 0 Å². The molecule has 1 unspecified atom stereocenters. The van der Waals surface area contributed by atoms with E-state index in [2.05, 4.69) is 0 Å². The number of hydrogen-bond donors (Lipinski definition) is 1. The molecule has 0 bridgehead atoms. The van der Waals surface area contributed by atoms with E-state index in [1.807, 2.05) is 0 Å². The Morgan fingerprint density at radius 3 is 2.26 bits per heavy atom. The third-order valence-corrected chi connectivity index (χ3v) is 5.24. The maximum absolute atomic E-state index is 12.0. The topological polar surface area (TPSA) is 99.1 Å². The second-order valence-corrected chi connectivity index (χ2v) is 8.91. The van der Waals surface area contributed by atoms with E-state index in [4.69, 9.17) is 37.4 Å². The number of aliphatic hydroxyl groups is 1. The largest absolute Gasteiger partial charge is 0.493 e. The van der Waals surface area contributed by atoms with Crippen LogP contribution in [0.15, 0.2) is 24.3 Å². The van der Waals surface area contributed by atoms with Gasteiger partial charge in [-0.25, -0.2) is 0 Å². The van der Waals surface area contributed by atoms with Crippen LogP contribution < -0.4 is 4.74 Å². The van der Waals surface area contributed by atoms with Gasteiger partial charge < -0.3 is 19.3 Å². The van der Waals surface area contributed by atoms with E-state index in [0.717, 1.165) is 0 Å². The number of thioether (sulfide) groups is 1. The summed E-state index contributed by atoms with van der Waals surface area (Å²) in [5.41, 5.74) is -1.03. The van der Waals surface area contributed by atoms with E-state index in [0.29, 0.717) is 29.4 Å². The summed E-state index contributed by atoms with van der Waals surface area (Å²) >= 11 is 12.5. The number of Topliss-reactive ketones (excluding diaryl/α,β-unsaturated/α-hetero) is 1. The van der Waals surface area contributed by atoms with Crippen LogP contribution in [0, 0.1) is 0 Å². The fraction of sp³-hybridized carbons (Fsp3) is 0.571. The Morgan fingerprint density at radius 2 is 1.68 bits per heavy atom. The average Bonchev–Trinajstić information content (AvgIpc) is 2.71. The van der Waals surface area contributed by atoms with Gasteiger partial charge in [0.05, 0.1) is 19.4 Å². The lowest BCUT2D eigenvalue weighted by Gasteiger charge is -2.18. The van der Waals surface area contributed by atoms with E-state index < -0.39 is 23.6 Å². The van der Waals surface area contributed by atoms with Crippen molar-refractivity contribution < 1.29 is 33.7 Å². The third kappa shape index (κ3) is 11.6. The first-order valence-electron chi connectivity index (χ1n) is 9.72. The molecule has 10 heteroatoms. The molecule has 0 amide bonds. The van der Waals surface area contributed by atoms with Gasteiger partial charge in [0.15, 0.2) is 5.78 Å². The lowest BCUT2D eigenvalue weighted by molar-refractivity contribution is -0.157. The SMILES string of the molecule is CC(C)(O)C(=O)c1ccc(OCCSCC(COC(=O)CCCl)OC(=O)CCCl)cc1. The van der Waals surface area contributed by atoms with Crippen LogP contribution in [0.3, 0.4) is 0 Å². The molecule has 0 aliphatic rings. The molecule has 0 aliphatic carbocycles. The highest BCUT2D eigenvalue weighted by molar-refractivity contribution is 7.99. The van der Waals surface area contributed by atoms with Crippen LogP contribution in [0.5, 0.6) is 5.75 Å². The average molecular weight is 495 g/mol. The summed E-state index contributed by atoms with van der Waals surface area (Å²) in [5, 5.41) is 9.78. The van der Waals surface area contributed by atoms with Gasteiger partial charge >= 0.3 is 11.9 Å². The van der Waals surface area contributed by atoms with Gasteiger partial charge in [-0.2, -0.15) is 11.8 Å². The number of ether oxygens (including phenoxy) is 3. The standard InChI is InChI=1S/C21H28Cl2O7S/c1-21(2,27)20(26)15-3-5-16(6-4-15)28-11-12-31-14-17(30-19(25)8-10-23)13-29-18(24)7-9-22/h3-6,17,27H,7-14H2,1-2H3. The molecule has 0 saturated heterocycles. The van der Waals surface area contributed by atoms with Gasteiger partial charge in [-0.15, -0.1) is 23.2 Å². The maximum Gasteiger partial charge on any atom is 0.307 e. The van der Waals surface area contributed by atoms with Crippen molar-refractivity contribution in [3.8, 4) is 5.75 Å². The molecular weight excluding hydrogens is 467 g/mol. The Morgan fingerprint density at radius 1 is 1.06 bits per heavy atom. The molecule has 0 heterocycles. The molecule has 0 spiro atoms. The van der Waals surface area contributed by atoms with E-state index in [9.17, 15) is 19.5 Å². The van der Waals surface area contributed by atoms with E-state index >= 15 is 0 Å². The minimum Gasteiger partial charge on any atom is -0.493 e. The molecular formula is C21H28Cl2O7S. The number of esters is 2. The van der Waals surface area contributed by atoms with Gasteiger partial charge in [-0.1, -0.05) is 0 Å². The second-order valence-electron chi connectivity index (χ2n) is 7.01. The van der Waals surface area contributed by atoms with Gasteiger partial charge in [0, 0.05) is 28.8 Å². The van der Waals surface area contributed by atoms with E-state index in [-0.39, 0.29) is 37.0 Å². The van der Waals surface area contributed by atoms with Crippen LogP contribution in [0.25, 0.3) is 0 Å². The molecule has 174 valence electrons. The number of ketones is 1. The second kappa shape index (κ2) is 14.6. The van der Waals surface area contributed by atoms with Gasteiger partial charge in [0.25, 0.3) is 0 Å². The van der Waals surface area contributed by atoms with Crippen LogP contribution in [0.4, 0.5) is 0 Å². The van der Waals surface area contributed by atoms with Crippen LogP contribution in [0.2, 0.25) is 0 Å². The fourth-order valence-electron chi connectivity index (χ4n) is 2.26. The number of benzene rings is 1. The molecule has 0 fully saturated rings. The number of rotatable bonds is 15. The third-order valence-electron chi connectivity index (χ3n) is 3.80. The van der Waals surface area contributed by atoms with Crippen LogP contribution in [-0.2, 0) is 19.1 Å². The van der Waals surface area contributed by atoms with E-state index in [1.54, 1.807) is 24.3 Å². The molecule has 1 N–H and O–H groups in total. The number of carbonyl (C=O) groups is 3. The summed E-state index contributed by atoms with van der Waals surface area (Å²) in [5.74, 6) is 0.657. The molecule has 7 nitrogen and oxygen atoms in total. The summed E-state index contributed by atoms with van der Waals surface area (Å²) in [7, 11) is 0. The molecule has 0 radical (unpaired) electrons. The van der Waals surface area contributed by atoms with Crippen LogP contribution in [-0.4, -0.2) is 71.0 Å². The highest BCUT2D eigenvalue weighted by atomic mass is 35.5. The lowest BCUT2D eigenvalue weighted by atomic mass is 9.97. The Hall–Kier alpha value is -1.48. The zero-order valence-electron chi connectivity index (χ0n) is 17.6. The van der Waals surface area contributed by atoms with Crippen LogP contribution >= 0.6 is 35.0 Å². The minimum absolute atomic E-state index is 0.0473. The normalized spacial score (nSPS) is 12.2. The number of halogens is 2. The van der Waals surface area contributed by atoms with Gasteiger partial charge in [0.1, 0.15) is 24.1 Å². The Bertz CT molecular complexity index is 705. The summed E-state index contributed by atoms with van der Waals surface area (Å²) in [6.07, 6.45) is -0.425. The summed E-state index contributed by atoms with van der Waals surface area (Å²) in [6.45, 7) is 3.22. The minimum atomic E-state index is -1.43. The van der Waals surface area contributed by atoms with Crippen molar-refractivity contribution >= 4 is 52.7 Å². The van der Waals surface area contributed by atoms with Crippen molar-refractivity contribution in [3.05, 3.63) is 29.8 Å². The van der Waals surface area contributed by atoms with Gasteiger partial charge in [0.2, 0.25) is 0 Å². The Kier molecular flexibility index (Phi) is 12.9. The lowest BCUT2D eigenvalue weighted by Crippen LogP contribution is -2.30. The zero-order chi connectivity index (χ0) is 23.3.